The third-order valence-corrected chi connectivity index (χ3v) is 7.35. The number of hydrogen-bond acceptors (Lipinski definition) is 5. The summed E-state index contributed by atoms with van der Waals surface area (Å²) < 4.78 is 8.28. The number of aromatic nitrogens is 2. The summed E-state index contributed by atoms with van der Waals surface area (Å²) in [5, 5.41) is 8.54. The van der Waals surface area contributed by atoms with E-state index in [2.05, 4.69) is 22.3 Å². The topological polar surface area (TPSA) is 63.3 Å². The Labute approximate surface area is 195 Å². The first-order valence-corrected chi connectivity index (χ1v) is 12.1. The molecule has 1 N–H and O–H groups in total. The van der Waals surface area contributed by atoms with Crippen molar-refractivity contribution in [2.45, 2.75) is 32.4 Å². The number of thiophene rings is 1. The van der Waals surface area contributed by atoms with Crippen molar-refractivity contribution < 1.29 is 9.32 Å². The maximum Gasteiger partial charge on any atom is 0.268 e. The van der Waals surface area contributed by atoms with E-state index in [0.717, 1.165) is 53.9 Å². The van der Waals surface area contributed by atoms with E-state index in [1.165, 1.54) is 11.3 Å². The number of carbonyl (C=O) groups excluding carboxylic acids is 1. The van der Waals surface area contributed by atoms with Gasteiger partial charge in [0.15, 0.2) is 5.76 Å². The predicted molar refractivity (Wildman–Crippen MR) is 128 cm³/mol. The lowest BCUT2D eigenvalue weighted by molar-refractivity contribution is 0.0904. The third-order valence-electron chi connectivity index (χ3n) is 6.11. The Morgan fingerprint density at radius 1 is 1.22 bits per heavy atom. The lowest BCUT2D eigenvalue weighted by atomic mass is 10.0. The standard InChI is InChI=1S/C24H25ClN4O2S/c1-2-28-11-9-17(10-12-28)26-24(30)20-13-16-5-3-4-6-19(16)29(20)15-18-14-21(31-27-18)22-7-8-23(25)32-22/h3-8,13-14,17H,2,9-12,15H2,1H3,(H,26,30). The van der Waals surface area contributed by atoms with Crippen molar-refractivity contribution in [3.05, 3.63) is 64.3 Å². The number of hydrogen-bond donors (Lipinski definition) is 1. The molecule has 5 rings (SSSR count). The number of piperidine rings is 1. The van der Waals surface area contributed by atoms with Gasteiger partial charge in [-0.2, -0.15) is 0 Å². The van der Waals surface area contributed by atoms with E-state index >= 15 is 0 Å². The van der Waals surface area contributed by atoms with Gasteiger partial charge in [-0.3, -0.25) is 4.79 Å². The maximum atomic E-state index is 13.3. The van der Waals surface area contributed by atoms with Crippen LogP contribution in [-0.2, 0) is 6.54 Å². The zero-order valence-corrected chi connectivity index (χ0v) is 19.5. The number of amides is 1. The number of para-hydroxylation sites is 1. The number of rotatable bonds is 6. The SMILES string of the molecule is CCN1CCC(NC(=O)c2cc3ccccc3n2Cc2cc(-c3ccc(Cl)s3)on2)CC1. The molecule has 3 aromatic heterocycles. The highest BCUT2D eigenvalue weighted by Gasteiger charge is 2.23. The van der Waals surface area contributed by atoms with Crippen LogP contribution in [0.1, 0.15) is 35.9 Å². The largest absolute Gasteiger partial charge is 0.355 e. The zero-order chi connectivity index (χ0) is 22.1. The Balaban J connectivity index is 1.40. The van der Waals surface area contributed by atoms with Gasteiger partial charge in [0.1, 0.15) is 11.4 Å². The van der Waals surface area contributed by atoms with E-state index in [1.54, 1.807) is 0 Å². The van der Waals surface area contributed by atoms with Crippen LogP contribution < -0.4 is 5.32 Å². The highest BCUT2D eigenvalue weighted by atomic mass is 35.5. The van der Waals surface area contributed by atoms with E-state index in [9.17, 15) is 4.79 Å². The van der Waals surface area contributed by atoms with Gasteiger partial charge in [0.2, 0.25) is 0 Å². The summed E-state index contributed by atoms with van der Waals surface area (Å²) in [5.41, 5.74) is 2.41. The molecule has 1 aliphatic rings. The molecule has 1 fully saturated rings. The van der Waals surface area contributed by atoms with E-state index in [-0.39, 0.29) is 11.9 Å². The highest BCUT2D eigenvalue weighted by Crippen LogP contribution is 2.32. The first-order chi connectivity index (χ1) is 15.6. The van der Waals surface area contributed by atoms with Gasteiger partial charge in [-0.1, -0.05) is 41.9 Å². The van der Waals surface area contributed by atoms with Crippen molar-refractivity contribution in [3.63, 3.8) is 0 Å². The number of nitrogens with zero attached hydrogens (tertiary/aromatic N) is 3. The van der Waals surface area contributed by atoms with Crippen LogP contribution in [-0.4, -0.2) is 46.2 Å². The summed E-state index contributed by atoms with van der Waals surface area (Å²) in [4.78, 5) is 16.6. The van der Waals surface area contributed by atoms with E-state index in [1.807, 2.05) is 53.1 Å². The number of fused-ring (bicyclic) bond motifs is 1. The van der Waals surface area contributed by atoms with Crippen molar-refractivity contribution in [2.75, 3.05) is 19.6 Å². The summed E-state index contributed by atoms with van der Waals surface area (Å²) in [6, 6.07) is 15.9. The molecule has 0 bridgehead atoms. The van der Waals surface area contributed by atoms with Gasteiger partial charge in [-0.25, -0.2) is 0 Å². The molecule has 6 nitrogen and oxygen atoms in total. The number of nitrogens with one attached hydrogen (secondary N) is 1. The van der Waals surface area contributed by atoms with Gasteiger partial charge in [0, 0.05) is 36.1 Å². The van der Waals surface area contributed by atoms with Crippen LogP contribution in [0.4, 0.5) is 0 Å². The molecule has 0 radical (unpaired) electrons. The second kappa shape index (κ2) is 9.10. The fraction of sp³-hybridized carbons (Fsp3) is 0.333. The van der Waals surface area contributed by atoms with Crippen molar-refractivity contribution in [1.29, 1.82) is 0 Å². The smallest absolute Gasteiger partial charge is 0.268 e. The quantitative estimate of drug-likeness (QED) is 0.418. The second-order valence-corrected chi connectivity index (χ2v) is 9.86. The molecule has 4 aromatic rings. The highest BCUT2D eigenvalue weighted by molar-refractivity contribution is 7.19. The molecule has 0 atom stereocenters. The molecule has 0 aliphatic carbocycles. The van der Waals surface area contributed by atoms with Crippen molar-refractivity contribution in [1.82, 2.24) is 19.9 Å². The first-order valence-electron chi connectivity index (χ1n) is 10.9. The number of halogens is 1. The molecule has 0 unspecified atom stereocenters. The summed E-state index contributed by atoms with van der Waals surface area (Å²) in [7, 11) is 0. The fourth-order valence-electron chi connectivity index (χ4n) is 4.33. The summed E-state index contributed by atoms with van der Waals surface area (Å²) >= 11 is 7.51. The number of likely N-dealkylation sites (tertiary alicyclic amines) is 1. The van der Waals surface area contributed by atoms with Crippen LogP contribution >= 0.6 is 22.9 Å². The lowest BCUT2D eigenvalue weighted by Gasteiger charge is -2.31. The molecule has 1 saturated heterocycles. The van der Waals surface area contributed by atoms with E-state index < -0.39 is 0 Å². The minimum Gasteiger partial charge on any atom is -0.355 e. The third kappa shape index (κ3) is 4.33. The minimum atomic E-state index is -0.0371. The molecule has 1 amide bonds. The Morgan fingerprint density at radius 3 is 2.78 bits per heavy atom. The number of carbonyl (C=O) groups is 1. The van der Waals surface area contributed by atoms with Gasteiger partial charge >= 0.3 is 0 Å². The molecular formula is C24H25ClN4O2S. The first kappa shape index (κ1) is 21.2. The molecule has 1 aromatic carbocycles. The predicted octanol–water partition coefficient (Wildman–Crippen LogP) is 5.27. The van der Waals surface area contributed by atoms with E-state index in [4.69, 9.17) is 16.1 Å². The van der Waals surface area contributed by atoms with Crippen LogP contribution in [0.3, 0.4) is 0 Å². The zero-order valence-electron chi connectivity index (χ0n) is 17.9. The molecule has 8 heteroatoms. The average Bonchev–Trinajstić information content (AvgIpc) is 3.54. The Morgan fingerprint density at radius 2 is 2.03 bits per heavy atom. The summed E-state index contributed by atoms with van der Waals surface area (Å²) in [6.07, 6.45) is 1.96. The van der Waals surface area contributed by atoms with Crippen LogP contribution in [0.5, 0.6) is 0 Å². The maximum absolute atomic E-state index is 13.3. The molecule has 1 aliphatic heterocycles. The van der Waals surface area contributed by atoms with Crippen LogP contribution in [0.25, 0.3) is 21.5 Å². The monoisotopic (exact) mass is 468 g/mol. The van der Waals surface area contributed by atoms with Crippen molar-refractivity contribution in [3.8, 4) is 10.6 Å². The van der Waals surface area contributed by atoms with Gasteiger partial charge in [-0.05, 0) is 43.7 Å². The Bertz CT molecular complexity index is 1240. The van der Waals surface area contributed by atoms with Crippen LogP contribution in [0.15, 0.2) is 53.1 Å². The average molecular weight is 469 g/mol. The molecule has 32 heavy (non-hydrogen) atoms. The van der Waals surface area contributed by atoms with Gasteiger partial charge in [0.25, 0.3) is 5.91 Å². The van der Waals surface area contributed by atoms with E-state index in [0.29, 0.717) is 22.3 Å². The molecule has 4 heterocycles. The molecule has 0 saturated carbocycles. The van der Waals surface area contributed by atoms with Crippen LogP contribution in [0, 0.1) is 0 Å². The fourth-order valence-corrected chi connectivity index (χ4v) is 5.32. The number of benzene rings is 1. The molecule has 0 spiro atoms. The van der Waals surface area contributed by atoms with Gasteiger partial charge < -0.3 is 19.3 Å². The van der Waals surface area contributed by atoms with Gasteiger partial charge in [-0.15, -0.1) is 11.3 Å². The minimum absolute atomic E-state index is 0.0371. The normalized spacial score (nSPS) is 15.4. The summed E-state index contributed by atoms with van der Waals surface area (Å²) in [6.45, 7) is 5.75. The second-order valence-electron chi connectivity index (χ2n) is 8.14. The molecule has 166 valence electrons. The molecular weight excluding hydrogens is 444 g/mol. The van der Waals surface area contributed by atoms with Crippen LogP contribution in [0.2, 0.25) is 4.34 Å². The van der Waals surface area contributed by atoms with Crippen molar-refractivity contribution >= 4 is 39.7 Å². The van der Waals surface area contributed by atoms with Crippen molar-refractivity contribution in [2.24, 2.45) is 0 Å². The lowest BCUT2D eigenvalue weighted by Crippen LogP contribution is -2.44. The Kier molecular flexibility index (Phi) is 6.04. The Hall–Kier alpha value is -2.61. The van der Waals surface area contributed by atoms with Gasteiger partial charge in [0.05, 0.1) is 15.8 Å². The summed E-state index contributed by atoms with van der Waals surface area (Å²) in [5.74, 6) is 0.645.